The van der Waals surface area contributed by atoms with Crippen molar-refractivity contribution in [2.75, 3.05) is 20.7 Å². The molecule has 1 aliphatic rings. The van der Waals surface area contributed by atoms with Gasteiger partial charge in [-0.3, -0.25) is 9.36 Å². The van der Waals surface area contributed by atoms with Crippen LogP contribution in [0, 0.1) is 0 Å². The van der Waals surface area contributed by atoms with Gasteiger partial charge in [-0.2, -0.15) is 0 Å². The number of benzene rings is 1. The van der Waals surface area contributed by atoms with Gasteiger partial charge < -0.3 is 9.64 Å². The van der Waals surface area contributed by atoms with Gasteiger partial charge in [-0.15, -0.1) is 11.3 Å². The summed E-state index contributed by atoms with van der Waals surface area (Å²) in [6.07, 6.45) is 5.18. The molecule has 3 aromatic rings. The number of aromatic nitrogens is 2. The van der Waals surface area contributed by atoms with E-state index in [0.29, 0.717) is 24.7 Å². The van der Waals surface area contributed by atoms with Crippen molar-refractivity contribution in [3.63, 3.8) is 0 Å². The normalized spacial score (nSPS) is 13.8. The fourth-order valence-corrected chi connectivity index (χ4v) is 5.25. The van der Waals surface area contributed by atoms with Gasteiger partial charge in [0.15, 0.2) is 0 Å². The second-order valence-electron chi connectivity index (χ2n) is 7.77. The van der Waals surface area contributed by atoms with Crippen LogP contribution in [0.2, 0.25) is 5.02 Å². The maximum Gasteiger partial charge on any atom is 0.262 e. The number of ether oxygens (including phenoxy) is 1. The fraction of sp³-hybridized carbons (Fsp3) is 0.455. The van der Waals surface area contributed by atoms with E-state index < -0.39 is 0 Å². The van der Waals surface area contributed by atoms with Crippen molar-refractivity contribution in [1.82, 2.24) is 14.5 Å². The lowest BCUT2D eigenvalue weighted by molar-refractivity contribution is 0.297. The Hall–Kier alpha value is -1.89. The highest BCUT2D eigenvalue weighted by Gasteiger charge is 2.22. The molecule has 0 bridgehead atoms. The Balaban J connectivity index is 1.58. The molecule has 1 aromatic carbocycles. The zero-order chi connectivity index (χ0) is 20.4. The molecule has 0 saturated carbocycles. The Labute approximate surface area is 179 Å². The molecular formula is C22H26ClN3O2S. The van der Waals surface area contributed by atoms with Gasteiger partial charge in [0.2, 0.25) is 0 Å². The van der Waals surface area contributed by atoms with E-state index in [9.17, 15) is 4.79 Å². The lowest BCUT2D eigenvalue weighted by Gasteiger charge is -2.16. The molecule has 7 heteroatoms. The van der Waals surface area contributed by atoms with Crippen LogP contribution in [0.15, 0.2) is 29.1 Å². The van der Waals surface area contributed by atoms with Crippen LogP contribution in [0.3, 0.4) is 0 Å². The Kier molecular flexibility index (Phi) is 6.23. The summed E-state index contributed by atoms with van der Waals surface area (Å²) in [5.74, 6) is 1.62. The van der Waals surface area contributed by atoms with E-state index >= 15 is 0 Å². The molecule has 2 aromatic heterocycles. The molecule has 0 amide bonds. The summed E-state index contributed by atoms with van der Waals surface area (Å²) < 4.78 is 7.66. The van der Waals surface area contributed by atoms with Gasteiger partial charge >= 0.3 is 0 Å². The molecule has 5 nitrogen and oxygen atoms in total. The Morgan fingerprint density at radius 3 is 2.72 bits per heavy atom. The minimum atomic E-state index is 0.109. The van der Waals surface area contributed by atoms with Crippen LogP contribution in [0.25, 0.3) is 10.2 Å². The van der Waals surface area contributed by atoms with Crippen molar-refractivity contribution in [2.45, 2.75) is 45.2 Å². The van der Waals surface area contributed by atoms with E-state index in [1.807, 2.05) is 42.9 Å². The molecule has 4 rings (SSSR count). The Morgan fingerprint density at radius 2 is 1.97 bits per heavy atom. The highest BCUT2D eigenvalue weighted by atomic mass is 35.5. The number of hydrogen-bond acceptors (Lipinski definition) is 5. The van der Waals surface area contributed by atoms with E-state index in [1.165, 1.54) is 16.9 Å². The maximum atomic E-state index is 13.4. The topological polar surface area (TPSA) is 47.4 Å². The third-order valence-corrected chi connectivity index (χ3v) is 6.66. The van der Waals surface area contributed by atoms with Crippen molar-refractivity contribution in [3.8, 4) is 5.75 Å². The van der Waals surface area contributed by atoms with Crippen LogP contribution in [0.4, 0.5) is 0 Å². The van der Waals surface area contributed by atoms with Crippen molar-refractivity contribution in [1.29, 1.82) is 0 Å². The van der Waals surface area contributed by atoms with Gasteiger partial charge in [-0.05, 0) is 76.0 Å². The predicted octanol–water partition coefficient (Wildman–Crippen LogP) is 4.52. The summed E-state index contributed by atoms with van der Waals surface area (Å²) in [5, 5.41) is 1.54. The largest absolute Gasteiger partial charge is 0.494 e. The van der Waals surface area contributed by atoms with Crippen LogP contribution in [-0.2, 0) is 25.9 Å². The molecule has 0 fully saturated rings. The Morgan fingerprint density at radius 1 is 1.21 bits per heavy atom. The molecular weight excluding hydrogens is 406 g/mol. The average Bonchev–Trinajstić information content (AvgIpc) is 3.06. The highest BCUT2D eigenvalue weighted by molar-refractivity contribution is 7.18. The number of rotatable bonds is 7. The van der Waals surface area contributed by atoms with Gasteiger partial charge in [0.1, 0.15) is 16.4 Å². The van der Waals surface area contributed by atoms with Gasteiger partial charge in [-0.25, -0.2) is 4.98 Å². The minimum Gasteiger partial charge on any atom is -0.494 e. The van der Waals surface area contributed by atoms with E-state index in [2.05, 4.69) is 4.90 Å². The van der Waals surface area contributed by atoms with Gasteiger partial charge in [-0.1, -0.05) is 11.6 Å². The second-order valence-corrected chi connectivity index (χ2v) is 9.29. The van der Waals surface area contributed by atoms with Crippen LogP contribution in [0.1, 0.15) is 35.5 Å². The lowest BCUT2D eigenvalue weighted by Crippen LogP contribution is -2.29. The lowest BCUT2D eigenvalue weighted by atomic mass is 9.97. The molecule has 0 saturated heterocycles. The molecule has 0 radical (unpaired) electrons. The summed E-state index contributed by atoms with van der Waals surface area (Å²) in [7, 11) is 4.01. The molecule has 0 unspecified atom stereocenters. The molecule has 0 aliphatic heterocycles. The molecule has 154 valence electrons. The third kappa shape index (κ3) is 4.49. The predicted molar refractivity (Wildman–Crippen MR) is 119 cm³/mol. The second kappa shape index (κ2) is 8.86. The smallest absolute Gasteiger partial charge is 0.262 e. The summed E-state index contributed by atoms with van der Waals surface area (Å²) in [6, 6.07) is 7.34. The summed E-state index contributed by atoms with van der Waals surface area (Å²) in [5.41, 5.74) is 1.36. The minimum absolute atomic E-state index is 0.109. The molecule has 1 aliphatic carbocycles. The SMILES string of the molecule is CN(C)Cc1nc2sc3c(c2c(=O)n1CCCOc1ccc(Cl)cc1)CCCC3. The Bertz CT molecular complexity index is 1060. The quantitative estimate of drug-likeness (QED) is 0.516. The summed E-state index contributed by atoms with van der Waals surface area (Å²) in [6.45, 7) is 1.78. The first-order valence-electron chi connectivity index (χ1n) is 10.1. The molecule has 2 heterocycles. The van der Waals surface area contributed by atoms with Crippen LogP contribution < -0.4 is 10.3 Å². The van der Waals surface area contributed by atoms with Crippen LogP contribution in [0.5, 0.6) is 5.75 Å². The zero-order valence-corrected chi connectivity index (χ0v) is 18.5. The number of thiophene rings is 1. The van der Waals surface area contributed by atoms with Crippen molar-refractivity contribution < 1.29 is 4.74 Å². The van der Waals surface area contributed by atoms with E-state index in [1.54, 1.807) is 11.3 Å². The fourth-order valence-electron chi connectivity index (χ4n) is 3.86. The van der Waals surface area contributed by atoms with E-state index in [-0.39, 0.29) is 5.56 Å². The number of nitrogens with zero attached hydrogens (tertiary/aromatic N) is 3. The van der Waals surface area contributed by atoms with Crippen molar-refractivity contribution in [3.05, 3.63) is 55.9 Å². The van der Waals surface area contributed by atoms with Crippen LogP contribution in [-0.4, -0.2) is 35.2 Å². The van der Waals surface area contributed by atoms with Gasteiger partial charge in [0.05, 0.1) is 18.5 Å². The first kappa shape index (κ1) is 20.4. The standard InChI is InChI=1S/C22H26ClN3O2S/c1-25(2)14-19-24-21-20(17-6-3-4-7-18(17)29-21)22(27)26(19)12-5-13-28-16-10-8-15(23)9-11-16/h8-11H,3-7,12-14H2,1-2H3. The summed E-state index contributed by atoms with van der Waals surface area (Å²) >= 11 is 7.63. The molecule has 0 atom stereocenters. The number of halogens is 1. The van der Waals surface area contributed by atoms with Crippen LogP contribution >= 0.6 is 22.9 Å². The van der Waals surface area contributed by atoms with E-state index in [0.717, 1.165) is 47.5 Å². The van der Waals surface area contributed by atoms with E-state index in [4.69, 9.17) is 21.3 Å². The monoisotopic (exact) mass is 431 g/mol. The first-order chi connectivity index (χ1) is 14.0. The highest BCUT2D eigenvalue weighted by Crippen LogP contribution is 2.33. The zero-order valence-electron chi connectivity index (χ0n) is 16.9. The maximum absolute atomic E-state index is 13.4. The molecule has 0 spiro atoms. The van der Waals surface area contributed by atoms with Crippen molar-refractivity contribution in [2.24, 2.45) is 0 Å². The number of hydrogen-bond donors (Lipinski definition) is 0. The number of aryl methyl sites for hydroxylation is 2. The third-order valence-electron chi connectivity index (χ3n) is 5.22. The number of fused-ring (bicyclic) bond motifs is 3. The summed E-state index contributed by atoms with van der Waals surface area (Å²) in [4.78, 5) is 22.7. The average molecular weight is 432 g/mol. The van der Waals surface area contributed by atoms with Gasteiger partial charge in [0, 0.05) is 16.4 Å². The van der Waals surface area contributed by atoms with Gasteiger partial charge in [0.25, 0.3) is 5.56 Å². The molecule has 29 heavy (non-hydrogen) atoms. The first-order valence-corrected chi connectivity index (χ1v) is 11.3. The van der Waals surface area contributed by atoms with Crippen molar-refractivity contribution >= 4 is 33.2 Å². The molecule has 0 N–H and O–H groups in total.